The SMILES string of the molecule is CC(C)(C)C1C2C=C(c3ccccc3)CC21.CC(C)(C)C1C2CN(c3ccc4sccc4c3)CC21.Cc1cccc(C2=CC3C(C2)C3C(C)(C)C)c1. The van der Waals surface area contributed by atoms with Crippen LogP contribution in [0.2, 0.25) is 0 Å². The van der Waals surface area contributed by atoms with Gasteiger partial charge in [0.1, 0.15) is 0 Å². The van der Waals surface area contributed by atoms with Crippen molar-refractivity contribution in [3.05, 3.63) is 113 Å². The van der Waals surface area contributed by atoms with Crippen molar-refractivity contribution in [1.82, 2.24) is 0 Å². The monoisotopic (exact) mass is 709 g/mol. The van der Waals surface area contributed by atoms with Gasteiger partial charge in [-0.1, -0.05) is 135 Å². The van der Waals surface area contributed by atoms with Gasteiger partial charge in [0.25, 0.3) is 0 Å². The standard InChI is InChI=1S/C17H21NS.C17H22.C16H20/c1-17(2,3)16-13-9-18(10-14(13)16)12-4-5-15-11(8-12)6-7-19-15;1-11-6-5-7-12(8-11)13-9-14-15(10-13)16(14)17(2,3)4;1-16(2,3)15-13-9-12(10-14(13)15)11-7-5-4-6-8-11/h4-8,13-14,16H,9-10H2,1-3H3;5-9,14-16H,10H2,1-4H3;4-9,13-15H,10H2,1-3H3. The van der Waals surface area contributed by atoms with Crippen LogP contribution in [0.5, 0.6) is 0 Å². The third-order valence-corrected chi connectivity index (χ3v) is 14.6. The van der Waals surface area contributed by atoms with Gasteiger partial charge in [-0.2, -0.15) is 0 Å². The lowest BCUT2D eigenvalue weighted by Crippen LogP contribution is -2.27. The van der Waals surface area contributed by atoms with Crippen LogP contribution in [0.3, 0.4) is 0 Å². The molecule has 4 fully saturated rings. The molecule has 2 heteroatoms. The van der Waals surface area contributed by atoms with Crippen molar-refractivity contribution < 1.29 is 0 Å². The Morgan fingerprint density at radius 2 is 1.12 bits per heavy atom. The Balaban J connectivity index is 0.000000112. The van der Waals surface area contributed by atoms with Crippen LogP contribution in [0.25, 0.3) is 21.2 Å². The molecule has 8 atom stereocenters. The van der Waals surface area contributed by atoms with E-state index in [0.717, 1.165) is 53.3 Å². The number of allylic oxidation sites excluding steroid dienone is 4. The number of rotatable bonds is 3. The third-order valence-electron chi connectivity index (χ3n) is 13.7. The van der Waals surface area contributed by atoms with Crippen molar-refractivity contribution >= 4 is 38.3 Å². The number of anilines is 1. The fourth-order valence-electron chi connectivity index (χ4n) is 11.4. The molecular formula is C50H63NS. The molecule has 6 aliphatic rings. The molecule has 1 saturated heterocycles. The van der Waals surface area contributed by atoms with Gasteiger partial charge in [0.15, 0.2) is 0 Å². The summed E-state index contributed by atoms with van der Waals surface area (Å²) < 4.78 is 1.40. The summed E-state index contributed by atoms with van der Waals surface area (Å²) in [5, 5.41) is 3.58. The Hall–Kier alpha value is -3.10. The van der Waals surface area contributed by atoms with Crippen molar-refractivity contribution in [2.75, 3.05) is 18.0 Å². The maximum Gasteiger partial charge on any atom is 0.0373 e. The number of thiophene rings is 1. The lowest BCUT2D eigenvalue weighted by Gasteiger charge is -2.27. The first-order valence-electron chi connectivity index (χ1n) is 20.3. The van der Waals surface area contributed by atoms with E-state index >= 15 is 0 Å². The Bertz CT molecular complexity index is 1960. The summed E-state index contributed by atoms with van der Waals surface area (Å²) in [7, 11) is 0. The van der Waals surface area contributed by atoms with Crippen molar-refractivity contribution in [1.29, 1.82) is 0 Å². The van der Waals surface area contributed by atoms with Gasteiger partial charge in [-0.15, -0.1) is 11.3 Å². The maximum atomic E-state index is 2.59. The van der Waals surface area contributed by atoms with Crippen LogP contribution in [0.4, 0.5) is 5.69 Å². The third kappa shape index (κ3) is 7.11. The fourth-order valence-corrected chi connectivity index (χ4v) is 12.2. The summed E-state index contributed by atoms with van der Waals surface area (Å²) in [6.07, 6.45) is 7.69. The number of fused-ring (bicyclic) bond motifs is 4. The van der Waals surface area contributed by atoms with Crippen molar-refractivity contribution in [3.63, 3.8) is 0 Å². The van der Waals surface area contributed by atoms with E-state index in [1.54, 1.807) is 11.1 Å². The molecular weight excluding hydrogens is 647 g/mol. The van der Waals surface area contributed by atoms with E-state index in [4.69, 9.17) is 0 Å². The van der Waals surface area contributed by atoms with Gasteiger partial charge in [-0.25, -0.2) is 0 Å². The Kier molecular flexibility index (Phi) is 9.00. The van der Waals surface area contributed by atoms with Crippen molar-refractivity contribution in [3.8, 4) is 0 Å². The van der Waals surface area contributed by atoms with Gasteiger partial charge in [0.2, 0.25) is 0 Å². The minimum absolute atomic E-state index is 0.490. The number of benzene rings is 3. The first-order valence-corrected chi connectivity index (χ1v) is 21.2. The van der Waals surface area contributed by atoms with E-state index in [0.29, 0.717) is 16.2 Å². The normalized spacial score (nSPS) is 31.0. The van der Waals surface area contributed by atoms with E-state index in [2.05, 4.69) is 171 Å². The molecule has 0 amide bonds. The quantitative estimate of drug-likeness (QED) is 0.205. The maximum absolute atomic E-state index is 2.59. The Labute approximate surface area is 319 Å². The average molecular weight is 710 g/mol. The number of piperidine rings is 1. The fraction of sp³-hybridized carbons (Fsp3) is 0.520. The molecule has 4 aromatic rings. The molecule has 8 unspecified atom stereocenters. The van der Waals surface area contributed by atoms with Gasteiger partial charge in [0.05, 0.1) is 0 Å². The second kappa shape index (κ2) is 13.0. The van der Waals surface area contributed by atoms with E-state index in [1.165, 1.54) is 58.4 Å². The summed E-state index contributed by atoms with van der Waals surface area (Å²) in [5.74, 6) is 8.31. The molecule has 0 spiro atoms. The minimum atomic E-state index is 0.490. The van der Waals surface area contributed by atoms with E-state index < -0.39 is 0 Å². The lowest BCUT2D eigenvalue weighted by molar-refractivity contribution is 0.309. The zero-order chi connectivity index (χ0) is 36.7. The second-order valence-corrected chi connectivity index (χ2v) is 21.5. The topological polar surface area (TPSA) is 3.24 Å². The first kappa shape index (κ1) is 35.9. The molecule has 10 rings (SSSR count). The summed E-state index contributed by atoms with van der Waals surface area (Å²) in [5.41, 5.74) is 10.3. The van der Waals surface area contributed by atoms with Crippen LogP contribution in [0, 0.1) is 76.4 Å². The highest BCUT2D eigenvalue weighted by Crippen LogP contribution is 2.65. The zero-order valence-corrected chi connectivity index (χ0v) is 34.4. The summed E-state index contributed by atoms with van der Waals surface area (Å²) >= 11 is 1.83. The molecule has 3 aromatic carbocycles. The second-order valence-electron chi connectivity index (χ2n) is 20.6. The van der Waals surface area contributed by atoms with Crippen LogP contribution in [0.15, 0.2) is 96.4 Å². The molecule has 2 heterocycles. The first-order chi connectivity index (χ1) is 24.6. The smallest absolute Gasteiger partial charge is 0.0373 e. The largest absolute Gasteiger partial charge is 0.371 e. The van der Waals surface area contributed by atoms with Gasteiger partial charge in [-0.3, -0.25) is 0 Å². The molecule has 1 aliphatic heterocycles. The van der Waals surface area contributed by atoms with Gasteiger partial charge < -0.3 is 4.90 Å². The molecule has 274 valence electrons. The molecule has 52 heavy (non-hydrogen) atoms. The predicted molar refractivity (Wildman–Crippen MR) is 227 cm³/mol. The summed E-state index contributed by atoms with van der Waals surface area (Å²) in [6, 6.07) is 29.0. The van der Waals surface area contributed by atoms with Crippen LogP contribution < -0.4 is 4.90 Å². The number of aryl methyl sites for hydroxylation is 1. The number of hydrogen-bond acceptors (Lipinski definition) is 2. The number of nitrogens with zero attached hydrogens (tertiary/aromatic N) is 1. The highest BCUT2D eigenvalue weighted by atomic mass is 32.1. The molecule has 5 aliphatic carbocycles. The molecule has 0 N–H and O–H groups in total. The average Bonchev–Trinajstić information content (AvgIpc) is 3.86. The van der Waals surface area contributed by atoms with E-state index in [9.17, 15) is 0 Å². The molecule has 1 aromatic heterocycles. The van der Waals surface area contributed by atoms with Crippen LogP contribution in [-0.2, 0) is 0 Å². The van der Waals surface area contributed by atoms with E-state index in [1.807, 2.05) is 11.3 Å². The zero-order valence-electron chi connectivity index (χ0n) is 33.6. The van der Waals surface area contributed by atoms with Crippen LogP contribution in [0.1, 0.15) is 91.8 Å². The molecule has 3 saturated carbocycles. The highest BCUT2D eigenvalue weighted by Gasteiger charge is 2.60. The summed E-state index contributed by atoms with van der Waals surface area (Å²) in [4.78, 5) is 2.59. The summed E-state index contributed by atoms with van der Waals surface area (Å²) in [6.45, 7) is 26.2. The van der Waals surface area contributed by atoms with Crippen molar-refractivity contribution in [2.24, 2.45) is 69.5 Å². The van der Waals surface area contributed by atoms with Gasteiger partial charge in [-0.05, 0) is 147 Å². The lowest BCUT2D eigenvalue weighted by atomic mass is 9.85. The molecule has 0 bridgehead atoms. The molecule has 1 nitrogen and oxygen atoms in total. The minimum Gasteiger partial charge on any atom is -0.371 e. The Morgan fingerprint density at radius 1 is 0.558 bits per heavy atom. The predicted octanol–water partition coefficient (Wildman–Crippen LogP) is 13.7. The van der Waals surface area contributed by atoms with Crippen molar-refractivity contribution in [2.45, 2.75) is 82.1 Å². The number of hydrogen-bond donors (Lipinski definition) is 0. The van der Waals surface area contributed by atoms with Gasteiger partial charge in [0, 0.05) is 23.5 Å². The van der Waals surface area contributed by atoms with E-state index in [-0.39, 0.29) is 0 Å². The highest BCUT2D eigenvalue weighted by molar-refractivity contribution is 7.17. The van der Waals surface area contributed by atoms with Crippen LogP contribution in [-0.4, -0.2) is 13.1 Å². The van der Waals surface area contributed by atoms with Crippen LogP contribution >= 0.6 is 11.3 Å². The molecule has 0 radical (unpaired) electrons. The van der Waals surface area contributed by atoms with Gasteiger partial charge >= 0.3 is 0 Å². The Morgan fingerprint density at radius 3 is 1.63 bits per heavy atom.